The molecular weight excluding hydrogens is 488 g/mol. The van der Waals surface area contributed by atoms with E-state index >= 15 is 0 Å². The predicted octanol–water partition coefficient (Wildman–Crippen LogP) is 4.65. The first-order valence-electron chi connectivity index (χ1n) is 14.1. The standard InChI is InChI=1S/C31H36N6O2/c1-23-33-31(26-13-14-32-29(21-26)35-17-19-39-20-18-35)34-37(23)16-15-36(27-10-3-4-11-27)30(38)22-25-9-6-8-24-7-2-5-12-28(24)25/h2,5-9,12-14,21,27H,3-4,10-11,15-20,22H2,1H3. The Morgan fingerprint density at radius 3 is 2.69 bits per heavy atom. The normalized spacial score (nSPS) is 16.2. The van der Waals surface area contributed by atoms with E-state index in [9.17, 15) is 4.79 Å². The molecular formula is C31H36N6O2. The third kappa shape index (κ3) is 5.66. The third-order valence-electron chi connectivity index (χ3n) is 8.06. The third-order valence-corrected chi connectivity index (χ3v) is 8.06. The molecule has 2 fully saturated rings. The predicted molar refractivity (Wildman–Crippen MR) is 153 cm³/mol. The summed E-state index contributed by atoms with van der Waals surface area (Å²) >= 11 is 0. The molecule has 0 N–H and O–H groups in total. The summed E-state index contributed by atoms with van der Waals surface area (Å²) in [6.45, 7) is 6.34. The summed E-state index contributed by atoms with van der Waals surface area (Å²) in [7, 11) is 0. The van der Waals surface area contributed by atoms with Crippen molar-refractivity contribution in [3.63, 3.8) is 0 Å². The van der Waals surface area contributed by atoms with Gasteiger partial charge >= 0.3 is 0 Å². The molecule has 2 aliphatic rings. The summed E-state index contributed by atoms with van der Waals surface area (Å²) in [6.07, 6.45) is 6.75. The van der Waals surface area contributed by atoms with Crippen LogP contribution in [0.25, 0.3) is 22.2 Å². The van der Waals surface area contributed by atoms with Crippen molar-refractivity contribution in [1.82, 2.24) is 24.6 Å². The number of rotatable bonds is 8. The minimum absolute atomic E-state index is 0.195. The molecule has 0 spiro atoms. The summed E-state index contributed by atoms with van der Waals surface area (Å²) in [5.74, 6) is 2.67. The summed E-state index contributed by atoms with van der Waals surface area (Å²) in [4.78, 5) is 27.4. The van der Waals surface area contributed by atoms with Crippen molar-refractivity contribution in [2.45, 2.75) is 51.6 Å². The molecule has 4 aromatic rings. The second-order valence-corrected chi connectivity index (χ2v) is 10.5. The molecule has 1 saturated heterocycles. The van der Waals surface area contributed by atoms with Crippen molar-refractivity contribution >= 4 is 22.5 Å². The molecule has 39 heavy (non-hydrogen) atoms. The highest BCUT2D eigenvalue weighted by atomic mass is 16.5. The lowest BCUT2D eigenvalue weighted by Crippen LogP contribution is -2.42. The molecule has 0 bridgehead atoms. The van der Waals surface area contributed by atoms with Gasteiger partial charge in [-0.2, -0.15) is 5.10 Å². The summed E-state index contributed by atoms with van der Waals surface area (Å²) < 4.78 is 7.42. The van der Waals surface area contributed by atoms with Crippen molar-refractivity contribution in [3.05, 3.63) is 72.2 Å². The van der Waals surface area contributed by atoms with Crippen LogP contribution in [-0.2, 0) is 22.5 Å². The van der Waals surface area contributed by atoms with Gasteiger partial charge in [0, 0.05) is 37.4 Å². The first-order valence-corrected chi connectivity index (χ1v) is 14.1. The number of aromatic nitrogens is 4. The SMILES string of the molecule is Cc1nc(-c2ccnc(N3CCOCC3)c2)nn1CCN(C(=O)Cc1cccc2ccccc12)C1CCCC1. The molecule has 202 valence electrons. The number of anilines is 1. The van der Waals surface area contributed by atoms with Crippen molar-refractivity contribution in [1.29, 1.82) is 0 Å². The minimum Gasteiger partial charge on any atom is -0.378 e. The topological polar surface area (TPSA) is 76.4 Å². The highest BCUT2D eigenvalue weighted by Crippen LogP contribution is 2.26. The molecule has 0 unspecified atom stereocenters. The summed E-state index contributed by atoms with van der Waals surface area (Å²) in [6, 6.07) is 18.9. The van der Waals surface area contributed by atoms with Crippen molar-refractivity contribution < 1.29 is 9.53 Å². The van der Waals surface area contributed by atoms with E-state index in [0.717, 1.165) is 54.1 Å². The van der Waals surface area contributed by atoms with Gasteiger partial charge in [-0.1, -0.05) is 55.3 Å². The maximum Gasteiger partial charge on any atom is 0.227 e. The van der Waals surface area contributed by atoms with Gasteiger partial charge in [0.05, 0.1) is 26.2 Å². The van der Waals surface area contributed by atoms with Crippen LogP contribution in [-0.4, -0.2) is 69.4 Å². The Morgan fingerprint density at radius 2 is 1.85 bits per heavy atom. The number of benzene rings is 2. The molecule has 1 aliphatic heterocycles. The fourth-order valence-corrected chi connectivity index (χ4v) is 5.92. The van der Waals surface area contributed by atoms with Gasteiger partial charge in [-0.15, -0.1) is 0 Å². The van der Waals surface area contributed by atoms with Crippen molar-refractivity contribution in [2.75, 3.05) is 37.7 Å². The molecule has 3 heterocycles. The van der Waals surface area contributed by atoms with Crippen LogP contribution in [0.15, 0.2) is 60.8 Å². The van der Waals surface area contributed by atoms with E-state index in [1.165, 1.54) is 18.2 Å². The van der Waals surface area contributed by atoms with E-state index in [1.807, 2.05) is 36.0 Å². The number of ether oxygens (including phenoxy) is 1. The number of hydrogen-bond donors (Lipinski definition) is 0. The monoisotopic (exact) mass is 524 g/mol. The van der Waals surface area contributed by atoms with Crippen molar-refractivity contribution in [3.8, 4) is 11.4 Å². The van der Waals surface area contributed by atoms with Gasteiger partial charge < -0.3 is 14.5 Å². The smallest absolute Gasteiger partial charge is 0.227 e. The van der Waals surface area contributed by atoms with Crippen LogP contribution >= 0.6 is 0 Å². The number of nitrogens with zero attached hydrogens (tertiary/aromatic N) is 6. The molecule has 8 nitrogen and oxygen atoms in total. The Morgan fingerprint density at radius 1 is 1.05 bits per heavy atom. The maximum absolute atomic E-state index is 13.7. The first-order chi connectivity index (χ1) is 19.2. The van der Waals surface area contributed by atoms with Crippen LogP contribution in [0.3, 0.4) is 0 Å². The zero-order chi connectivity index (χ0) is 26.6. The second kappa shape index (κ2) is 11.5. The fourth-order valence-electron chi connectivity index (χ4n) is 5.92. The largest absolute Gasteiger partial charge is 0.378 e. The zero-order valence-electron chi connectivity index (χ0n) is 22.6. The molecule has 1 amide bonds. The number of morpholine rings is 1. The molecule has 1 saturated carbocycles. The highest BCUT2D eigenvalue weighted by Gasteiger charge is 2.27. The van der Waals surface area contributed by atoms with Crippen molar-refractivity contribution in [2.24, 2.45) is 0 Å². The number of aryl methyl sites for hydroxylation is 1. The number of carbonyl (C=O) groups is 1. The Kier molecular flexibility index (Phi) is 7.54. The van der Waals surface area contributed by atoms with Gasteiger partial charge in [-0.05, 0) is 48.2 Å². The molecule has 2 aromatic heterocycles. The van der Waals surface area contributed by atoms with Gasteiger partial charge in [-0.3, -0.25) is 4.79 Å². The number of hydrogen-bond acceptors (Lipinski definition) is 6. The average molecular weight is 525 g/mol. The van der Waals surface area contributed by atoms with E-state index < -0.39 is 0 Å². The van der Waals surface area contributed by atoms with Gasteiger partial charge in [-0.25, -0.2) is 14.6 Å². The van der Waals surface area contributed by atoms with Crippen LogP contribution in [0.1, 0.15) is 37.1 Å². The molecule has 8 heteroatoms. The summed E-state index contributed by atoms with van der Waals surface area (Å²) in [5.41, 5.74) is 2.04. The second-order valence-electron chi connectivity index (χ2n) is 10.5. The van der Waals surface area contributed by atoms with Gasteiger partial charge in [0.2, 0.25) is 5.91 Å². The number of pyridine rings is 1. The lowest BCUT2D eigenvalue weighted by Gasteiger charge is -2.29. The molecule has 6 rings (SSSR count). The Balaban J connectivity index is 1.18. The zero-order valence-corrected chi connectivity index (χ0v) is 22.6. The summed E-state index contributed by atoms with van der Waals surface area (Å²) in [5, 5.41) is 7.18. The number of carbonyl (C=O) groups excluding carboxylic acids is 1. The Bertz CT molecular complexity index is 1430. The average Bonchev–Trinajstić information content (AvgIpc) is 3.64. The number of amides is 1. The molecule has 0 radical (unpaired) electrons. The van der Waals surface area contributed by atoms with E-state index in [-0.39, 0.29) is 5.91 Å². The number of fused-ring (bicyclic) bond motifs is 1. The first kappa shape index (κ1) is 25.5. The van der Waals surface area contributed by atoms with Gasteiger partial charge in [0.1, 0.15) is 11.6 Å². The van der Waals surface area contributed by atoms with E-state index in [2.05, 4.69) is 51.2 Å². The quantitative estimate of drug-likeness (QED) is 0.334. The Labute approximate surface area is 229 Å². The molecule has 1 aliphatic carbocycles. The molecule has 2 aromatic carbocycles. The lowest BCUT2D eigenvalue weighted by molar-refractivity contribution is -0.132. The van der Waals surface area contributed by atoms with Gasteiger partial charge in [0.15, 0.2) is 5.82 Å². The van der Waals surface area contributed by atoms with Crippen LogP contribution in [0, 0.1) is 6.92 Å². The van der Waals surface area contributed by atoms with E-state index in [4.69, 9.17) is 14.8 Å². The van der Waals surface area contributed by atoms with Crippen LogP contribution < -0.4 is 4.90 Å². The minimum atomic E-state index is 0.195. The lowest BCUT2D eigenvalue weighted by atomic mass is 10.0. The Hall–Kier alpha value is -3.78. The highest BCUT2D eigenvalue weighted by molar-refractivity contribution is 5.90. The fraction of sp³-hybridized carbons (Fsp3) is 0.419. The van der Waals surface area contributed by atoms with E-state index in [1.54, 1.807) is 0 Å². The van der Waals surface area contributed by atoms with Gasteiger partial charge in [0.25, 0.3) is 0 Å². The van der Waals surface area contributed by atoms with Crippen LogP contribution in [0.2, 0.25) is 0 Å². The van der Waals surface area contributed by atoms with Crippen LogP contribution in [0.4, 0.5) is 5.82 Å². The van der Waals surface area contributed by atoms with E-state index in [0.29, 0.717) is 44.6 Å². The molecule has 0 atom stereocenters. The maximum atomic E-state index is 13.7. The van der Waals surface area contributed by atoms with Crippen LogP contribution in [0.5, 0.6) is 0 Å².